The van der Waals surface area contributed by atoms with E-state index < -0.39 is 10.0 Å². The Bertz CT molecular complexity index is 893. The van der Waals surface area contributed by atoms with Crippen LogP contribution >= 0.6 is 0 Å². The molecule has 0 saturated heterocycles. The van der Waals surface area contributed by atoms with Crippen molar-refractivity contribution in [3.05, 3.63) is 59.2 Å². The van der Waals surface area contributed by atoms with E-state index in [9.17, 15) is 13.2 Å². The van der Waals surface area contributed by atoms with Crippen LogP contribution in [0, 0.1) is 13.8 Å². The van der Waals surface area contributed by atoms with Crippen molar-refractivity contribution in [1.29, 1.82) is 0 Å². The van der Waals surface area contributed by atoms with Crippen molar-refractivity contribution in [3.8, 4) is 0 Å². The number of hydrogen-bond donors (Lipinski definition) is 2. The molecule has 0 aromatic heterocycles. The number of nitrogens with two attached hydrogens (primary N) is 1. The first-order valence-electron chi connectivity index (χ1n) is 8.28. The van der Waals surface area contributed by atoms with E-state index in [1.165, 1.54) is 17.7 Å². The summed E-state index contributed by atoms with van der Waals surface area (Å²) in [6.45, 7) is 6.20. The molecule has 2 aromatic rings. The van der Waals surface area contributed by atoms with Gasteiger partial charge in [0, 0.05) is 11.7 Å². The van der Waals surface area contributed by atoms with E-state index in [2.05, 4.69) is 5.32 Å². The van der Waals surface area contributed by atoms with Crippen molar-refractivity contribution < 1.29 is 13.2 Å². The van der Waals surface area contributed by atoms with Crippen LogP contribution in [0.15, 0.2) is 47.4 Å². The molecule has 0 spiro atoms. The van der Waals surface area contributed by atoms with Crippen molar-refractivity contribution in [2.45, 2.75) is 31.7 Å². The molecule has 26 heavy (non-hydrogen) atoms. The smallest absolute Gasteiger partial charge is 0.238 e. The quantitative estimate of drug-likeness (QED) is 0.812. The highest BCUT2D eigenvalue weighted by atomic mass is 32.2. The van der Waals surface area contributed by atoms with E-state index in [-0.39, 0.29) is 23.4 Å². The van der Waals surface area contributed by atoms with Gasteiger partial charge in [-0.3, -0.25) is 9.69 Å². The Morgan fingerprint density at radius 3 is 2.27 bits per heavy atom. The first-order chi connectivity index (χ1) is 12.1. The molecule has 3 N–H and O–H groups in total. The van der Waals surface area contributed by atoms with E-state index in [4.69, 9.17) is 5.14 Å². The lowest BCUT2D eigenvalue weighted by Crippen LogP contribution is -2.32. The van der Waals surface area contributed by atoms with Crippen molar-refractivity contribution in [2.75, 3.05) is 18.9 Å². The number of nitrogens with zero attached hydrogens (tertiary/aromatic N) is 1. The molecule has 0 fully saturated rings. The van der Waals surface area contributed by atoms with Crippen LogP contribution in [0.2, 0.25) is 0 Å². The normalized spacial score (nSPS) is 12.8. The zero-order chi connectivity index (χ0) is 19.5. The number of likely N-dealkylation sites (N-methyl/N-ethyl adjacent to an activating group) is 1. The minimum absolute atomic E-state index is 0.0602. The second-order valence-corrected chi connectivity index (χ2v) is 8.11. The molecule has 6 nitrogen and oxygen atoms in total. The summed E-state index contributed by atoms with van der Waals surface area (Å²) in [6.07, 6.45) is 0. The maximum atomic E-state index is 12.3. The molecular formula is C19H25N3O3S. The number of anilines is 1. The molecule has 2 aromatic carbocycles. The van der Waals surface area contributed by atoms with Crippen molar-refractivity contribution >= 4 is 21.6 Å². The van der Waals surface area contributed by atoms with Crippen LogP contribution in [0.25, 0.3) is 0 Å². The van der Waals surface area contributed by atoms with Gasteiger partial charge in [-0.15, -0.1) is 0 Å². The molecule has 0 heterocycles. The summed E-state index contributed by atoms with van der Waals surface area (Å²) >= 11 is 0. The van der Waals surface area contributed by atoms with Gasteiger partial charge in [-0.2, -0.15) is 0 Å². The van der Waals surface area contributed by atoms with Crippen LogP contribution in [0.1, 0.15) is 29.7 Å². The standard InChI is InChI=1S/C19H25N3O3S/c1-13-5-8-17(11-14(13)2)21-19(23)12-22(4)15(3)16-6-9-18(10-7-16)26(20,24)25/h5-11,15H,12H2,1-4H3,(H,21,23)(H2,20,24,25). The number of amides is 1. The highest BCUT2D eigenvalue weighted by molar-refractivity contribution is 7.89. The fourth-order valence-electron chi connectivity index (χ4n) is 2.57. The molecule has 2 rings (SSSR count). The minimum Gasteiger partial charge on any atom is -0.325 e. The summed E-state index contributed by atoms with van der Waals surface area (Å²) in [4.78, 5) is 14.3. The molecule has 0 radical (unpaired) electrons. The van der Waals surface area contributed by atoms with Crippen LogP contribution in [0.4, 0.5) is 5.69 Å². The second kappa shape index (κ2) is 7.99. The fraction of sp³-hybridized carbons (Fsp3) is 0.316. The number of rotatable bonds is 6. The number of sulfonamides is 1. The lowest BCUT2D eigenvalue weighted by atomic mass is 10.1. The topological polar surface area (TPSA) is 92.5 Å². The molecule has 0 aliphatic rings. The fourth-order valence-corrected chi connectivity index (χ4v) is 3.09. The van der Waals surface area contributed by atoms with Crippen LogP contribution in [-0.2, 0) is 14.8 Å². The number of nitrogens with one attached hydrogen (secondary N) is 1. The maximum Gasteiger partial charge on any atom is 0.238 e. The van der Waals surface area contributed by atoms with Gasteiger partial charge < -0.3 is 5.32 Å². The van der Waals surface area contributed by atoms with Gasteiger partial charge in [-0.1, -0.05) is 18.2 Å². The van der Waals surface area contributed by atoms with Crippen LogP contribution in [0.3, 0.4) is 0 Å². The zero-order valence-corrected chi connectivity index (χ0v) is 16.3. The Balaban J connectivity index is 2.00. The van der Waals surface area contributed by atoms with Crippen molar-refractivity contribution in [3.63, 3.8) is 0 Å². The number of carbonyl (C=O) groups excluding carboxylic acids is 1. The number of carbonyl (C=O) groups is 1. The Hall–Kier alpha value is -2.22. The van der Waals surface area contributed by atoms with Crippen LogP contribution < -0.4 is 10.5 Å². The average molecular weight is 375 g/mol. The molecule has 0 saturated carbocycles. The molecule has 0 aliphatic carbocycles. The Morgan fingerprint density at radius 1 is 1.12 bits per heavy atom. The Morgan fingerprint density at radius 2 is 1.73 bits per heavy atom. The lowest BCUT2D eigenvalue weighted by Gasteiger charge is -2.24. The van der Waals surface area contributed by atoms with Gasteiger partial charge in [0.2, 0.25) is 15.9 Å². The van der Waals surface area contributed by atoms with Gasteiger partial charge in [-0.25, -0.2) is 13.6 Å². The summed E-state index contributed by atoms with van der Waals surface area (Å²) in [6, 6.07) is 12.1. The summed E-state index contributed by atoms with van der Waals surface area (Å²) in [5.74, 6) is -0.108. The number of benzene rings is 2. The molecule has 1 unspecified atom stereocenters. The van der Waals surface area contributed by atoms with Crippen molar-refractivity contribution in [2.24, 2.45) is 5.14 Å². The van der Waals surface area contributed by atoms with E-state index in [0.29, 0.717) is 0 Å². The van der Waals surface area contributed by atoms with Crippen molar-refractivity contribution in [1.82, 2.24) is 4.90 Å². The van der Waals surface area contributed by atoms with Crippen LogP contribution in [0.5, 0.6) is 0 Å². The Kier molecular flexibility index (Phi) is 6.17. The first kappa shape index (κ1) is 20.1. The molecular weight excluding hydrogens is 350 g/mol. The molecule has 140 valence electrons. The average Bonchev–Trinajstić information content (AvgIpc) is 2.56. The Labute approximate surface area is 155 Å². The van der Waals surface area contributed by atoms with Gasteiger partial charge in [0.25, 0.3) is 0 Å². The third-order valence-electron chi connectivity index (χ3n) is 4.54. The summed E-state index contributed by atoms with van der Waals surface area (Å²) in [5, 5.41) is 8.01. The molecule has 0 bridgehead atoms. The SMILES string of the molecule is Cc1ccc(NC(=O)CN(C)C(C)c2ccc(S(N)(=O)=O)cc2)cc1C. The summed E-state index contributed by atoms with van der Waals surface area (Å²) < 4.78 is 22.7. The largest absolute Gasteiger partial charge is 0.325 e. The van der Waals surface area contributed by atoms with Gasteiger partial charge >= 0.3 is 0 Å². The van der Waals surface area contributed by atoms with Gasteiger partial charge in [-0.05, 0) is 68.8 Å². The summed E-state index contributed by atoms with van der Waals surface area (Å²) in [7, 11) is -1.86. The lowest BCUT2D eigenvalue weighted by molar-refractivity contribution is -0.117. The number of hydrogen-bond acceptors (Lipinski definition) is 4. The number of aryl methyl sites for hydroxylation is 2. The highest BCUT2D eigenvalue weighted by Crippen LogP contribution is 2.20. The van der Waals surface area contributed by atoms with Gasteiger partial charge in [0.1, 0.15) is 0 Å². The van der Waals surface area contributed by atoms with E-state index in [1.54, 1.807) is 12.1 Å². The predicted molar refractivity (Wildman–Crippen MR) is 103 cm³/mol. The third kappa shape index (κ3) is 5.14. The maximum absolute atomic E-state index is 12.3. The van der Waals surface area contributed by atoms with Gasteiger partial charge in [0.05, 0.1) is 11.4 Å². The highest BCUT2D eigenvalue weighted by Gasteiger charge is 2.16. The number of primary sulfonamides is 1. The second-order valence-electron chi connectivity index (χ2n) is 6.55. The monoisotopic (exact) mass is 375 g/mol. The van der Waals surface area contributed by atoms with Gasteiger partial charge in [0.15, 0.2) is 0 Å². The first-order valence-corrected chi connectivity index (χ1v) is 9.82. The summed E-state index contributed by atoms with van der Waals surface area (Å²) in [5.41, 5.74) is 3.98. The molecule has 1 amide bonds. The molecule has 0 aliphatic heterocycles. The molecule has 1 atom stereocenters. The zero-order valence-electron chi connectivity index (χ0n) is 15.5. The van der Waals surface area contributed by atoms with E-state index in [1.807, 2.05) is 50.9 Å². The molecule has 7 heteroatoms. The van der Waals surface area contributed by atoms with Crippen LogP contribution in [-0.4, -0.2) is 32.8 Å². The third-order valence-corrected chi connectivity index (χ3v) is 5.47. The minimum atomic E-state index is -3.70. The van der Waals surface area contributed by atoms with E-state index in [0.717, 1.165) is 16.8 Å². The predicted octanol–water partition coefficient (Wildman–Crippen LogP) is 2.58. The van der Waals surface area contributed by atoms with E-state index >= 15 is 0 Å².